The van der Waals surface area contributed by atoms with Gasteiger partial charge >= 0.3 is 0 Å². The van der Waals surface area contributed by atoms with Gasteiger partial charge in [0.15, 0.2) is 17.5 Å². The van der Waals surface area contributed by atoms with Crippen LogP contribution in [-0.2, 0) is 0 Å². The first-order valence-corrected chi connectivity index (χ1v) is 17.4. The lowest BCUT2D eigenvalue weighted by Gasteiger charge is -2.09. The number of aromatic nitrogens is 3. The fourth-order valence-electron chi connectivity index (χ4n) is 6.80. The van der Waals surface area contributed by atoms with Crippen LogP contribution >= 0.6 is 11.3 Å². The number of benzene rings is 7. The van der Waals surface area contributed by atoms with E-state index in [1.54, 1.807) is 11.3 Å². The molecule has 0 aliphatic heterocycles. The van der Waals surface area contributed by atoms with Gasteiger partial charge in [-0.3, -0.25) is 0 Å². The van der Waals surface area contributed by atoms with Crippen LogP contribution < -0.4 is 0 Å². The van der Waals surface area contributed by atoms with Gasteiger partial charge in [0.2, 0.25) is 0 Å². The molecule has 234 valence electrons. The second-order valence-corrected chi connectivity index (χ2v) is 13.5. The van der Waals surface area contributed by atoms with Crippen molar-refractivity contribution in [1.29, 1.82) is 0 Å². The molecule has 0 bridgehead atoms. The highest BCUT2D eigenvalue weighted by atomic mass is 32.1. The molecule has 0 saturated carbocycles. The minimum absolute atomic E-state index is 0.600. The molecule has 5 heteroatoms. The molecule has 0 unspecified atom stereocenters. The lowest BCUT2D eigenvalue weighted by molar-refractivity contribution is 0.669. The Labute approximate surface area is 292 Å². The van der Waals surface area contributed by atoms with Crippen molar-refractivity contribution in [2.24, 2.45) is 0 Å². The molecular weight excluding hydrogens is 631 g/mol. The fraction of sp³-hybridized carbons (Fsp3) is 0. The van der Waals surface area contributed by atoms with Crippen LogP contribution in [0.1, 0.15) is 0 Å². The Morgan fingerprint density at radius 3 is 1.58 bits per heavy atom. The standard InChI is InChI=1S/C45H27N3OS/c1-3-9-28(10-4-1)30-15-17-31(18-16-30)43-46-44(33-19-22-36-35-13-7-8-14-39(35)49-40(36)26-33)48-45(47-43)34-20-23-37-38-25-32(29-11-5-2-6-12-29)21-24-41(38)50-42(37)27-34/h1-27H. The smallest absolute Gasteiger partial charge is 0.164 e. The normalized spacial score (nSPS) is 11.6. The van der Waals surface area contributed by atoms with Gasteiger partial charge < -0.3 is 4.42 Å². The first kappa shape index (κ1) is 28.6. The molecule has 3 aromatic heterocycles. The summed E-state index contributed by atoms with van der Waals surface area (Å²) in [5.74, 6) is 1.85. The number of thiophene rings is 1. The summed E-state index contributed by atoms with van der Waals surface area (Å²) in [6.45, 7) is 0. The van der Waals surface area contributed by atoms with Crippen molar-refractivity contribution in [3.63, 3.8) is 0 Å². The molecule has 7 aromatic carbocycles. The monoisotopic (exact) mass is 657 g/mol. The first-order chi connectivity index (χ1) is 24.7. The Morgan fingerprint density at radius 1 is 0.320 bits per heavy atom. The predicted molar refractivity (Wildman–Crippen MR) is 207 cm³/mol. The molecule has 50 heavy (non-hydrogen) atoms. The maximum absolute atomic E-state index is 6.24. The van der Waals surface area contributed by atoms with Crippen molar-refractivity contribution < 1.29 is 4.42 Å². The molecule has 0 aliphatic carbocycles. The minimum atomic E-state index is 0.600. The summed E-state index contributed by atoms with van der Waals surface area (Å²) in [5.41, 5.74) is 9.16. The zero-order valence-corrected chi connectivity index (χ0v) is 27.6. The maximum Gasteiger partial charge on any atom is 0.164 e. The number of para-hydroxylation sites is 1. The van der Waals surface area contributed by atoms with Crippen LogP contribution in [0.3, 0.4) is 0 Å². The summed E-state index contributed by atoms with van der Waals surface area (Å²) in [6.07, 6.45) is 0. The van der Waals surface area contributed by atoms with Crippen molar-refractivity contribution in [3.8, 4) is 56.4 Å². The van der Waals surface area contributed by atoms with Gasteiger partial charge in [-0.2, -0.15) is 0 Å². The molecular formula is C45H27N3OS. The van der Waals surface area contributed by atoms with Gasteiger partial charge in [-0.05, 0) is 58.7 Å². The van der Waals surface area contributed by atoms with E-state index in [9.17, 15) is 0 Å². The van der Waals surface area contributed by atoms with Gasteiger partial charge in [0.25, 0.3) is 0 Å². The minimum Gasteiger partial charge on any atom is -0.456 e. The van der Waals surface area contributed by atoms with Crippen molar-refractivity contribution in [2.75, 3.05) is 0 Å². The van der Waals surface area contributed by atoms with E-state index >= 15 is 0 Å². The topological polar surface area (TPSA) is 51.8 Å². The summed E-state index contributed by atoms with van der Waals surface area (Å²) in [5, 5.41) is 4.65. The van der Waals surface area contributed by atoms with Crippen LogP contribution in [-0.4, -0.2) is 15.0 Å². The second-order valence-electron chi connectivity index (χ2n) is 12.4. The Kier molecular flexibility index (Phi) is 6.64. The zero-order chi connectivity index (χ0) is 33.0. The largest absolute Gasteiger partial charge is 0.456 e. The number of rotatable bonds is 5. The highest BCUT2D eigenvalue weighted by Gasteiger charge is 2.16. The molecule has 10 aromatic rings. The SMILES string of the molecule is c1ccc(-c2ccc(-c3nc(-c4ccc5c(c4)oc4ccccc45)nc(-c4ccc5c(c4)sc4ccc(-c6ccccc6)cc45)n3)cc2)cc1. The van der Waals surface area contributed by atoms with E-state index in [4.69, 9.17) is 19.4 Å². The number of hydrogen-bond acceptors (Lipinski definition) is 5. The van der Waals surface area contributed by atoms with E-state index in [0.29, 0.717) is 17.5 Å². The van der Waals surface area contributed by atoms with E-state index in [1.807, 2.05) is 30.3 Å². The van der Waals surface area contributed by atoms with Gasteiger partial charge in [0, 0.05) is 47.6 Å². The molecule has 0 saturated heterocycles. The third-order valence-corrected chi connectivity index (χ3v) is 10.5. The van der Waals surface area contributed by atoms with Crippen molar-refractivity contribution in [3.05, 3.63) is 164 Å². The third-order valence-electron chi connectivity index (χ3n) is 9.36. The number of furan rings is 1. The summed E-state index contributed by atoms with van der Waals surface area (Å²) >= 11 is 1.79. The third kappa shape index (κ3) is 4.95. The van der Waals surface area contributed by atoms with Crippen LogP contribution in [0.25, 0.3) is 98.5 Å². The van der Waals surface area contributed by atoms with Crippen LogP contribution in [0.15, 0.2) is 168 Å². The maximum atomic E-state index is 6.24. The van der Waals surface area contributed by atoms with E-state index in [-0.39, 0.29) is 0 Å². The van der Waals surface area contributed by atoms with E-state index in [2.05, 4.69) is 133 Å². The summed E-state index contributed by atoms with van der Waals surface area (Å²) in [7, 11) is 0. The Hall–Kier alpha value is -6.43. The number of fused-ring (bicyclic) bond motifs is 6. The molecule has 0 aliphatic rings. The average Bonchev–Trinajstić information content (AvgIpc) is 3.75. The molecule has 10 rings (SSSR count). The molecule has 0 amide bonds. The summed E-state index contributed by atoms with van der Waals surface area (Å²) in [4.78, 5) is 15.2. The van der Waals surface area contributed by atoms with Crippen LogP contribution in [0.2, 0.25) is 0 Å². The van der Waals surface area contributed by atoms with Gasteiger partial charge in [0.05, 0.1) is 0 Å². The molecule has 4 nitrogen and oxygen atoms in total. The van der Waals surface area contributed by atoms with Crippen LogP contribution in [0.4, 0.5) is 0 Å². The average molecular weight is 658 g/mol. The van der Waals surface area contributed by atoms with E-state index in [0.717, 1.165) is 44.2 Å². The molecule has 3 heterocycles. The van der Waals surface area contributed by atoms with E-state index in [1.165, 1.54) is 36.9 Å². The molecule has 0 radical (unpaired) electrons. The summed E-state index contributed by atoms with van der Waals surface area (Å²) < 4.78 is 8.70. The summed E-state index contributed by atoms with van der Waals surface area (Å²) in [6, 6.07) is 57.0. The zero-order valence-electron chi connectivity index (χ0n) is 26.7. The van der Waals surface area contributed by atoms with Crippen LogP contribution in [0.5, 0.6) is 0 Å². The Bertz CT molecular complexity index is 2860. The lowest BCUT2D eigenvalue weighted by atomic mass is 10.0. The van der Waals surface area contributed by atoms with Gasteiger partial charge in [-0.15, -0.1) is 11.3 Å². The van der Waals surface area contributed by atoms with Crippen molar-refractivity contribution in [1.82, 2.24) is 15.0 Å². The first-order valence-electron chi connectivity index (χ1n) is 16.6. The highest BCUT2D eigenvalue weighted by Crippen LogP contribution is 2.39. The molecule has 0 spiro atoms. The lowest BCUT2D eigenvalue weighted by Crippen LogP contribution is -2.00. The number of nitrogens with zero attached hydrogens (tertiary/aromatic N) is 3. The second kappa shape index (κ2) is 11.6. The van der Waals surface area contributed by atoms with E-state index < -0.39 is 0 Å². The van der Waals surface area contributed by atoms with Crippen LogP contribution in [0, 0.1) is 0 Å². The van der Waals surface area contributed by atoms with Gasteiger partial charge in [-0.25, -0.2) is 15.0 Å². The molecule has 0 fully saturated rings. The Balaban J connectivity index is 1.11. The van der Waals surface area contributed by atoms with Gasteiger partial charge in [-0.1, -0.05) is 127 Å². The fourth-order valence-corrected chi connectivity index (χ4v) is 7.92. The van der Waals surface area contributed by atoms with Gasteiger partial charge in [0.1, 0.15) is 11.2 Å². The Morgan fingerprint density at radius 2 is 0.840 bits per heavy atom. The number of hydrogen-bond donors (Lipinski definition) is 0. The molecule has 0 N–H and O–H groups in total. The van der Waals surface area contributed by atoms with Crippen molar-refractivity contribution >= 4 is 53.4 Å². The molecule has 0 atom stereocenters. The quantitative estimate of drug-likeness (QED) is 0.185. The van der Waals surface area contributed by atoms with Crippen molar-refractivity contribution in [2.45, 2.75) is 0 Å². The predicted octanol–water partition coefficient (Wildman–Crippen LogP) is 12.5. The highest BCUT2D eigenvalue weighted by molar-refractivity contribution is 7.25.